The van der Waals surface area contributed by atoms with Crippen molar-refractivity contribution in [1.29, 1.82) is 0 Å². The van der Waals surface area contributed by atoms with Gasteiger partial charge in [0.05, 0.1) is 31.6 Å². The summed E-state index contributed by atoms with van der Waals surface area (Å²) in [5.41, 5.74) is 1.56. The molecule has 2 aromatic rings. The van der Waals surface area contributed by atoms with Crippen LogP contribution < -0.4 is 10.2 Å². The second-order valence-electron chi connectivity index (χ2n) is 6.70. The van der Waals surface area contributed by atoms with Gasteiger partial charge in [-0.15, -0.1) is 11.3 Å². The summed E-state index contributed by atoms with van der Waals surface area (Å²) in [7, 11) is 0. The summed E-state index contributed by atoms with van der Waals surface area (Å²) in [5.74, 6) is 3.04. The molecule has 0 unspecified atom stereocenters. The third-order valence-corrected chi connectivity index (χ3v) is 6.15. The predicted molar refractivity (Wildman–Crippen MR) is 91.9 cm³/mol. The van der Waals surface area contributed by atoms with E-state index in [2.05, 4.69) is 24.1 Å². The maximum absolute atomic E-state index is 4.95. The standard InChI is InChI=1S/C17H24N4S/c1-3-14-19-16(21-8-6-18-7-9-21)15-12-5-4-11(2)10-13(12)22-17(15)20-14/h11,18H,3-10H2,1-2H3/p+1/t11-/m0/s1. The first-order valence-corrected chi connectivity index (χ1v) is 9.45. The highest BCUT2D eigenvalue weighted by molar-refractivity contribution is 7.19. The molecular weight excluding hydrogens is 292 g/mol. The van der Waals surface area contributed by atoms with Crippen LogP contribution in [0.25, 0.3) is 10.2 Å². The molecule has 2 aromatic heterocycles. The van der Waals surface area contributed by atoms with Crippen molar-refractivity contribution in [2.45, 2.75) is 39.5 Å². The third kappa shape index (κ3) is 2.40. The van der Waals surface area contributed by atoms with Crippen LogP contribution in [-0.2, 0) is 19.3 Å². The molecule has 118 valence electrons. The van der Waals surface area contributed by atoms with E-state index in [0.717, 1.165) is 31.3 Å². The Kier molecular flexibility index (Phi) is 3.78. The minimum Gasteiger partial charge on any atom is -0.345 e. The van der Waals surface area contributed by atoms with Crippen molar-refractivity contribution >= 4 is 27.4 Å². The van der Waals surface area contributed by atoms with Crippen LogP contribution in [0.4, 0.5) is 5.82 Å². The quantitative estimate of drug-likeness (QED) is 0.918. The fraction of sp³-hybridized carbons (Fsp3) is 0.647. The number of quaternary nitrogens is 1. The Morgan fingerprint density at radius 3 is 2.86 bits per heavy atom. The Labute approximate surface area is 136 Å². The highest BCUT2D eigenvalue weighted by atomic mass is 32.1. The summed E-state index contributed by atoms with van der Waals surface area (Å²) in [6.07, 6.45) is 4.66. The summed E-state index contributed by atoms with van der Waals surface area (Å²) in [5, 5.41) is 3.78. The van der Waals surface area contributed by atoms with E-state index in [0.29, 0.717) is 0 Å². The van der Waals surface area contributed by atoms with E-state index in [9.17, 15) is 0 Å². The van der Waals surface area contributed by atoms with Crippen molar-refractivity contribution in [3.8, 4) is 0 Å². The first-order valence-electron chi connectivity index (χ1n) is 8.64. The van der Waals surface area contributed by atoms with Gasteiger partial charge in [0.15, 0.2) is 0 Å². The van der Waals surface area contributed by atoms with Crippen LogP contribution in [0.5, 0.6) is 0 Å². The number of thiophene rings is 1. The molecule has 1 saturated heterocycles. The maximum atomic E-state index is 4.95. The van der Waals surface area contributed by atoms with Crippen molar-refractivity contribution < 1.29 is 5.32 Å². The number of fused-ring (bicyclic) bond motifs is 3. The zero-order chi connectivity index (χ0) is 15.1. The third-order valence-electron chi connectivity index (χ3n) is 5.00. The molecule has 1 aliphatic heterocycles. The van der Waals surface area contributed by atoms with E-state index >= 15 is 0 Å². The van der Waals surface area contributed by atoms with E-state index < -0.39 is 0 Å². The Bertz CT molecular complexity index is 688. The van der Waals surface area contributed by atoms with Gasteiger partial charge in [-0.05, 0) is 30.7 Å². The minimum absolute atomic E-state index is 0.812. The fourth-order valence-electron chi connectivity index (χ4n) is 3.72. The lowest BCUT2D eigenvalue weighted by Gasteiger charge is -2.28. The van der Waals surface area contributed by atoms with Crippen molar-refractivity contribution in [1.82, 2.24) is 9.97 Å². The number of piperazine rings is 1. The largest absolute Gasteiger partial charge is 0.345 e. The fourth-order valence-corrected chi connectivity index (χ4v) is 5.11. The molecule has 1 aliphatic carbocycles. The van der Waals surface area contributed by atoms with Crippen LogP contribution in [0.3, 0.4) is 0 Å². The highest BCUT2D eigenvalue weighted by Crippen LogP contribution is 2.41. The molecule has 3 heterocycles. The number of rotatable bonds is 2. The lowest BCUT2D eigenvalue weighted by atomic mass is 9.89. The van der Waals surface area contributed by atoms with Gasteiger partial charge < -0.3 is 10.2 Å². The minimum atomic E-state index is 0.812. The molecule has 2 N–H and O–H groups in total. The molecule has 2 aliphatic rings. The van der Waals surface area contributed by atoms with E-state index in [1.165, 1.54) is 48.4 Å². The molecule has 4 nitrogen and oxygen atoms in total. The van der Waals surface area contributed by atoms with Crippen molar-refractivity contribution in [2.24, 2.45) is 5.92 Å². The molecule has 0 aromatic carbocycles. The van der Waals surface area contributed by atoms with Crippen molar-refractivity contribution in [2.75, 3.05) is 31.1 Å². The normalized spacial score (nSPS) is 22.1. The lowest BCUT2D eigenvalue weighted by Crippen LogP contribution is -2.89. The van der Waals surface area contributed by atoms with Gasteiger partial charge in [-0.3, -0.25) is 0 Å². The first kappa shape index (κ1) is 14.4. The molecular formula is C17H25N4S+. The number of aromatic nitrogens is 2. The molecule has 1 atom stereocenters. The van der Waals surface area contributed by atoms with Crippen molar-refractivity contribution in [3.63, 3.8) is 0 Å². The van der Waals surface area contributed by atoms with Gasteiger partial charge >= 0.3 is 0 Å². The Hall–Kier alpha value is -1.20. The average molecular weight is 317 g/mol. The van der Waals surface area contributed by atoms with Gasteiger partial charge in [-0.1, -0.05) is 13.8 Å². The van der Waals surface area contributed by atoms with Crippen LogP contribution in [0.2, 0.25) is 0 Å². The van der Waals surface area contributed by atoms with Crippen LogP contribution in [0, 0.1) is 5.92 Å². The van der Waals surface area contributed by atoms with Gasteiger partial charge in [-0.2, -0.15) is 0 Å². The smallest absolute Gasteiger partial charge is 0.141 e. The molecule has 4 rings (SSSR count). The summed E-state index contributed by atoms with van der Waals surface area (Å²) in [6.45, 7) is 9.10. The molecule has 0 radical (unpaired) electrons. The second kappa shape index (κ2) is 5.78. The number of anilines is 1. The SMILES string of the molecule is CCc1nc(N2CC[NH2+]CC2)c2c3c(sc2n1)C[C@@H](C)CC3. The number of hydrogen-bond acceptors (Lipinski definition) is 4. The van der Waals surface area contributed by atoms with E-state index in [1.807, 2.05) is 11.3 Å². The van der Waals surface area contributed by atoms with Crippen LogP contribution in [0.15, 0.2) is 0 Å². The average Bonchev–Trinajstić information content (AvgIpc) is 2.91. The maximum Gasteiger partial charge on any atom is 0.141 e. The zero-order valence-electron chi connectivity index (χ0n) is 13.6. The van der Waals surface area contributed by atoms with Crippen molar-refractivity contribution in [3.05, 3.63) is 16.3 Å². The predicted octanol–water partition coefficient (Wildman–Crippen LogP) is 1.76. The number of hydrogen-bond donors (Lipinski definition) is 1. The molecule has 5 heteroatoms. The molecule has 22 heavy (non-hydrogen) atoms. The Balaban J connectivity index is 1.88. The van der Waals surface area contributed by atoms with Gasteiger partial charge in [0.1, 0.15) is 16.5 Å². The molecule has 0 amide bonds. The van der Waals surface area contributed by atoms with Gasteiger partial charge in [0, 0.05) is 11.3 Å². The molecule has 1 fully saturated rings. The number of nitrogens with two attached hydrogens (primary N) is 1. The molecule has 0 spiro atoms. The first-order chi connectivity index (χ1) is 10.8. The Morgan fingerprint density at radius 1 is 1.27 bits per heavy atom. The summed E-state index contributed by atoms with van der Waals surface area (Å²) >= 11 is 1.93. The van der Waals surface area contributed by atoms with Gasteiger partial charge in [-0.25, -0.2) is 9.97 Å². The summed E-state index contributed by atoms with van der Waals surface area (Å²) in [4.78, 5) is 15.1. The van der Waals surface area contributed by atoms with E-state index in [-0.39, 0.29) is 0 Å². The molecule has 0 saturated carbocycles. The lowest BCUT2D eigenvalue weighted by molar-refractivity contribution is -0.655. The van der Waals surface area contributed by atoms with Crippen LogP contribution >= 0.6 is 11.3 Å². The van der Waals surface area contributed by atoms with Crippen LogP contribution in [0.1, 0.15) is 36.5 Å². The zero-order valence-corrected chi connectivity index (χ0v) is 14.4. The molecule has 0 bridgehead atoms. The van der Waals surface area contributed by atoms with Gasteiger partial charge in [0.25, 0.3) is 0 Å². The summed E-state index contributed by atoms with van der Waals surface area (Å²) < 4.78 is 0. The van der Waals surface area contributed by atoms with E-state index in [4.69, 9.17) is 9.97 Å². The number of aryl methyl sites for hydroxylation is 2. The topological polar surface area (TPSA) is 45.6 Å². The van der Waals surface area contributed by atoms with E-state index in [1.54, 1.807) is 10.4 Å². The monoisotopic (exact) mass is 317 g/mol. The summed E-state index contributed by atoms with van der Waals surface area (Å²) in [6, 6.07) is 0. The van der Waals surface area contributed by atoms with Crippen LogP contribution in [-0.4, -0.2) is 36.1 Å². The van der Waals surface area contributed by atoms with Gasteiger partial charge in [0.2, 0.25) is 0 Å². The number of nitrogens with zero attached hydrogens (tertiary/aromatic N) is 3. The highest BCUT2D eigenvalue weighted by Gasteiger charge is 2.26. The Morgan fingerprint density at radius 2 is 2.09 bits per heavy atom. The second-order valence-corrected chi connectivity index (χ2v) is 7.79.